The van der Waals surface area contributed by atoms with Crippen LogP contribution in [0.2, 0.25) is 0 Å². The molecule has 0 aliphatic carbocycles. The molecule has 1 saturated heterocycles. The Morgan fingerprint density at radius 3 is 1.97 bits per heavy atom. The second kappa shape index (κ2) is 11.5. The number of aliphatic hydroxyl groups is 4. The summed E-state index contributed by atoms with van der Waals surface area (Å²) in [5.41, 5.74) is 1.04. The highest BCUT2D eigenvalue weighted by Gasteiger charge is 2.45. The first-order valence-corrected chi connectivity index (χ1v) is 10.6. The van der Waals surface area contributed by atoms with Crippen molar-refractivity contribution >= 4 is 12.2 Å². The molecule has 0 saturated carbocycles. The minimum absolute atomic E-state index is 0.0922. The van der Waals surface area contributed by atoms with Crippen LogP contribution in [-0.4, -0.2) is 91.3 Å². The number of rotatable bonds is 9. The summed E-state index contributed by atoms with van der Waals surface area (Å²) in [5, 5.41) is 50.6. The fraction of sp³-hybridized carbons (Fsp3) is 0.417. The van der Waals surface area contributed by atoms with Gasteiger partial charge in [-0.1, -0.05) is 12.2 Å². The van der Waals surface area contributed by atoms with E-state index in [4.69, 9.17) is 28.4 Å². The van der Waals surface area contributed by atoms with Gasteiger partial charge in [-0.05, 0) is 29.8 Å². The minimum atomic E-state index is -1.66. The SMILES string of the molecule is COc1ccc(/C=C\c2cc(OC)c(OC)c(OC)c2)c(O[C@H]2O[C@@H](CO)[C@H](O)[C@@H](O)[C@@H]2O)c1O. The molecule has 0 radical (unpaired) electrons. The van der Waals surface area contributed by atoms with Gasteiger partial charge in [-0.15, -0.1) is 0 Å². The van der Waals surface area contributed by atoms with E-state index in [0.717, 1.165) is 0 Å². The van der Waals surface area contributed by atoms with Crippen LogP contribution in [0.25, 0.3) is 12.2 Å². The van der Waals surface area contributed by atoms with Crippen LogP contribution in [0.5, 0.6) is 34.5 Å². The molecule has 5 atom stereocenters. The number of aliphatic hydroxyl groups excluding tert-OH is 4. The number of hydrogen-bond acceptors (Lipinski definition) is 11. The van der Waals surface area contributed by atoms with Crippen LogP contribution in [0.1, 0.15) is 11.1 Å². The van der Waals surface area contributed by atoms with Crippen molar-refractivity contribution in [2.24, 2.45) is 0 Å². The van der Waals surface area contributed by atoms with Gasteiger partial charge in [0.25, 0.3) is 0 Å². The van der Waals surface area contributed by atoms with Crippen molar-refractivity contribution in [3.05, 3.63) is 35.4 Å². The number of hydrogen-bond donors (Lipinski definition) is 5. The smallest absolute Gasteiger partial charge is 0.229 e. The van der Waals surface area contributed by atoms with Gasteiger partial charge in [-0.3, -0.25) is 0 Å². The van der Waals surface area contributed by atoms with Gasteiger partial charge in [0.05, 0.1) is 35.0 Å². The second-order valence-corrected chi connectivity index (χ2v) is 7.64. The molecule has 1 fully saturated rings. The Bertz CT molecular complexity index is 1010. The molecule has 0 spiro atoms. The third-order valence-electron chi connectivity index (χ3n) is 5.57. The van der Waals surface area contributed by atoms with Crippen molar-refractivity contribution in [2.45, 2.75) is 30.7 Å². The van der Waals surface area contributed by atoms with Crippen LogP contribution in [0, 0.1) is 0 Å². The molecule has 0 aromatic heterocycles. The Hall–Kier alpha value is -3.22. The van der Waals surface area contributed by atoms with E-state index in [1.54, 1.807) is 30.4 Å². The fourth-order valence-electron chi connectivity index (χ4n) is 3.65. The van der Waals surface area contributed by atoms with Crippen molar-refractivity contribution < 1.29 is 54.0 Å². The first-order valence-electron chi connectivity index (χ1n) is 10.6. The van der Waals surface area contributed by atoms with Gasteiger partial charge in [0, 0.05) is 5.56 Å². The summed E-state index contributed by atoms with van der Waals surface area (Å²) in [4.78, 5) is 0. The number of aromatic hydroxyl groups is 1. The van der Waals surface area contributed by atoms with Gasteiger partial charge in [0.1, 0.15) is 24.4 Å². The molecule has 35 heavy (non-hydrogen) atoms. The van der Waals surface area contributed by atoms with E-state index in [0.29, 0.717) is 28.4 Å². The van der Waals surface area contributed by atoms with Crippen LogP contribution < -0.4 is 23.7 Å². The molecule has 11 nitrogen and oxygen atoms in total. The normalized spacial score (nSPS) is 24.3. The van der Waals surface area contributed by atoms with E-state index in [1.807, 2.05) is 0 Å². The van der Waals surface area contributed by atoms with Crippen molar-refractivity contribution in [3.63, 3.8) is 0 Å². The van der Waals surface area contributed by atoms with Crippen LogP contribution in [-0.2, 0) is 4.74 Å². The molecular weight excluding hydrogens is 464 g/mol. The molecule has 2 aromatic carbocycles. The molecule has 2 aromatic rings. The lowest BCUT2D eigenvalue weighted by Gasteiger charge is -2.39. The van der Waals surface area contributed by atoms with E-state index in [9.17, 15) is 25.5 Å². The van der Waals surface area contributed by atoms with Gasteiger partial charge >= 0.3 is 0 Å². The van der Waals surface area contributed by atoms with E-state index in [2.05, 4.69) is 0 Å². The number of benzene rings is 2. The fourth-order valence-corrected chi connectivity index (χ4v) is 3.65. The summed E-state index contributed by atoms with van der Waals surface area (Å²) in [6.45, 7) is -0.622. The van der Waals surface area contributed by atoms with E-state index < -0.39 is 37.3 Å². The first-order chi connectivity index (χ1) is 16.8. The van der Waals surface area contributed by atoms with Crippen molar-refractivity contribution in [1.82, 2.24) is 0 Å². The number of phenolic OH excluding ortho intramolecular Hbond substituents is 1. The molecule has 0 amide bonds. The largest absolute Gasteiger partial charge is 0.502 e. The lowest BCUT2D eigenvalue weighted by Crippen LogP contribution is -2.60. The molecule has 5 N–H and O–H groups in total. The molecule has 0 bridgehead atoms. The first kappa shape index (κ1) is 26.4. The molecule has 1 aliphatic rings. The molecular formula is C24H30O11. The summed E-state index contributed by atoms with van der Waals surface area (Å²) >= 11 is 0. The molecule has 1 heterocycles. The van der Waals surface area contributed by atoms with E-state index >= 15 is 0 Å². The summed E-state index contributed by atoms with van der Waals surface area (Å²) < 4.78 is 32.4. The summed E-state index contributed by atoms with van der Waals surface area (Å²) in [7, 11) is 5.86. The zero-order valence-electron chi connectivity index (χ0n) is 19.7. The zero-order chi connectivity index (χ0) is 25.7. The molecule has 11 heteroatoms. The number of ether oxygens (including phenoxy) is 6. The number of phenols is 1. The van der Waals surface area contributed by atoms with Crippen molar-refractivity contribution in [3.8, 4) is 34.5 Å². The third-order valence-corrected chi connectivity index (χ3v) is 5.57. The second-order valence-electron chi connectivity index (χ2n) is 7.64. The predicted molar refractivity (Wildman–Crippen MR) is 124 cm³/mol. The Balaban J connectivity index is 1.99. The lowest BCUT2D eigenvalue weighted by molar-refractivity contribution is -0.277. The van der Waals surface area contributed by atoms with Gasteiger partial charge in [-0.2, -0.15) is 0 Å². The topological polar surface area (TPSA) is 157 Å². The zero-order valence-corrected chi connectivity index (χ0v) is 19.7. The highest BCUT2D eigenvalue weighted by atomic mass is 16.7. The third kappa shape index (κ3) is 5.39. The number of methoxy groups -OCH3 is 4. The summed E-state index contributed by atoms with van der Waals surface area (Å²) in [6.07, 6.45) is -4.21. The van der Waals surface area contributed by atoms with Crippen LogP contribution >= 0.6 is 0 Å². The predicted octanol–water partition coefficient (Wildman–Crippen LogP) is 0.776. The summed E-state index contributed by atoms with van der Waals surface area (Å²) in [5.74, 6) is 0.924. The standard InChI is InChI=1S/C24H30O11/c1-30-14-8-7-13(6-5-12-9-15(31-2)23(33-4)16(10-12)32-3)22(19(14)27)35-24-21(29)20(28)18(26)17(11-25)34-24/h5-10,17-18,20-21,24-29H,11H2,1-4H3/b6-5-/t17-,18-,20+,21-,24+/m0/s1. The maximum Gasteiger partial charge on any atom is 0.229 e. The van der Waals surface area contributed by atoms with Gasteiger partial charge < -0.3 is 54.0 Å². The monoisotopic (exact) mass is 494 g/mol. The van der Waals surface area contributed by atoms with Crippen molar-refractivity contribution in [1.29, 1.82) is 0 Å². The molecule has 192 valence electrons. The van der Waals surface area contributed by atoms with Gasteiger partial charge in [0.2, 0.25) is 17.8 Å². The van der Waals surface area contributed by atoms with Crippen LogP contribution in [0.15, 0.2) is 24.3 Å². The molecule has 1 aliphatic heterocycles. The highest BCUT2D eigenvalue weighted by Crippen LogP contribution is 2.42. The summed E-state index contributed by atoms with van der Waals surface area (Å²) in [6, 6.07) is 6.56. The maximum atomic E-state index is 10.7. The quantitative estimate of drug-likeness (QED) is 0.314. The Labute approximate surface area is 202 Å². The van der Waals surface area contributed by atoms with Crippen LogP contribution in [0.3, 0.4) is 0 Å². The Morgan fingerprint density at radius 2 is 1.43 bits per heavy atom. The average Bonchev–Trinajstić information content (AvgIpc) is 2.88. The Kier molecular flexibility index (Phi) is 8.65. The van der Waals surface area contributed by atoms with Crippen LogP contribution in [0.4, 0.5) is 0 Å². The maximum absolute atomic E-state index is 10.7. The minimum Gasteiger partial charge on any atom is -0.502 e. The van der Waals surface area contributed by atoms with E-state index in [1.165, 1.54) is 34.5 Å². The Morgan fingerprint density at radius 1 is 0.800 bits per heavy atom. The molecule has 3 rings (SSSR count). The van der Waals surface area contributed by atoms with Gasteiger partial charge in [-0.25, -0.2) is 0 Å². The van der Waals surface area contributed by atoms with Gasteiger partial charge in [0.15, 0.2) is 23.0 Å². The van der Waals surface area contributed by atoms with Crippen molar-refractivity contribution in [2.75, 3.05) is 35.0 Å². The average molecular weight is 494 g/mol. The molecule has 0 unspecified atom stereocenters. The van der Waals surface area contributed by atoms with E-state index in [-0.39, 0.29) is 17.2 Å². The lowest BCUT2D eigenvalue weighted by atomic mass is 9.99. The highest BCUT2D eigenvalue weighted by molar-refractivity contribution is 5.77.